The van der Waals surface area contributed by atoms with Crippen LogP contribution in [-0.4, -0.2) is 17.4 Å². The first-order valence-electron chi connectivity index (χ1n) is 6.08. The maximum Gasteiger partial charge on any atom is 0.269 e. The first-order chi connectivity index (χ1) is 9.69. The summed E-state index contributed by atoms with van der Waals surface area (Å²) in [5, 5.41) is 11.4. The van der Waals surface area contributed by atoms with E-state index in [0.29, 0.717) is 18.5 Å². The molecule has 0 aliphatic heterocycles. The zero-order valence-corrected chi connectivity index (χ0v) is 10.6. The van der Waals surface area contributed by atoms with Gasteiger partial charge in [-0.05, 0) is 36.2 Å². The van der Waals surface area contributed by atoms with Gasteiger partial charge in [0.1, 0.15) is 17.6 Å². The van der Waals surface area contributed by atoms with E-state index in [9.17, 15) is 9.18 Å². The monoisotopic (exact) mass is 269 g/mol. The molecular formula is C15H12FN3O. The summed E-state index contributed by atoms with van der Waals surface area (Å²) in [4.78, 5) is 15.7. The Balaban J connectivity index is 1.85. The molecule has 0 bridgehead atoms. The zero-order chi connectivity index (χ0) is 14.4. The molecule has 1 aromatic heterocycles. The van der Waals surface area contributed by atoms with Crippen molar-refractivity contribution in [3.63, 3.8) is 0 Å². The quantitative estimate of drug-likeness (QED) is 0.924. The van der Waals surface area contributed by atoms with Crippen molar-refractivity contribution in [2.75, 3.05) is 6.54 Å². The Kier molecular flexibility index (Phi) is 4.40. The summed E-state index contributed by atoms with van der Waals surface area (Å²) in [6.45, 7) is 0.437. The highest BCUT2D eigenvalue weighted by atomic mass is 19.1. The van der Waals surface area contributed by atoms with E-state index in [1.54, 1.807) is 18.2 Å². The molecule has 1 heterocycles. The Labute approximate surface area is 115 Å². The van der Waals surface area contributed by atoms with E-state index in [-0.39, 0.29) is 17.4 Å². The SMILES string of the molecule is N#Cc1ccc(C(=O)NCCc2ccc(F)cc2)nc1. The third-order valence-electron chi connectivity index (χ3n) is 2.74. The van der Waals surface area contributed by atoms with Crippen molar-refractivity contribution in [3.05, 3.63) is 65.2 Å². The Morgan fingerprint density at radius 1 is 1.25 bits per heavy atom. The van der Waals surface area contributed by atoms with Gasteiger partial charge in [-0.15, -0.1) is 0 Å². The highest BCUT2D eigenvalue weighted by Crippen LogP contribution is 2.03. The smallest absolute Gasteiger partial charge is 0.269 e. The van der Waals surface area contributed by atoms with E-state index in [1.807, 2.05) is 6.07 Å². The zero-order valence-electron chi connectivity index (χ0n) is 10.6. The fourth-order valence-electron chi connectivity index (χ4n) is 1.66. The molecule has 0 radical (unpaired) electrons. The maximum atomic E-state index is 12.7. The van der Waals surface area contributed by atoms with Gasteiger partial charge in [0, 0.05) is 12.7 Å². The molecule has 4 nitrogen and oxygen atoms in total. The highest BCUT2D eigenvalue weighted by Gasteiger charge is 2.06. The number of halogens is 1. The first-order valence-corrected chi connectivity index (χ1v) is 6.08. The number of amides is 1. The van der Waals surface area contributed by atoms with Gasteiger partial charge in [0.05, 0.1) is 5.56 Å². The molecule has 5 heteroatoms. The van der Waals surface area contributed by atoms with E-state index in [1.165, 1.54) is 24.4 Å². The molecule has 1 aromatic carbocycles. The van der Waals surface area contributed by atoms with Crippen molar-refractivity contribution in [1.29, 1.82) is 5.26 Å². The molecule has 0 aliphatic carbocycles. The molecule has 2 aromatic rings. The van der Waals surface area contributed by atoms with Crippen LogP contribution in [0.25, 0.3) is 0 Å². The molecule has 1 amide bonds. The van der Waals surface area contributed by atoms with Crippen molar-refractivity contribution in [1.82, 2.24) is 10.3 Å². The lowest BCUT2D eigenvalue weighted by atomic mass is 10.1. The van der Waals surface area contributed by atoms with E-state index in [4.69, 9.17) is 5.26 Å². The largest absolute Gasteiger partial charge is 0.350 e. The van der Waals surface area contributed by atoms with Crippen molar-refractivity contribution in [2.24, 2.45) is 0 Å². The molecular weight excluding hydrogens is 257 g/mol. The number of carbonyl (C=O) groups is 1. The lowest BCUT2D eigenvalue weighted by molar-refractivity contribution is 0.0949. The minimum atomic E-state index is -0.295. The van der Waals surface area contributed by atoms with Crippen LogP contribution in [0.3, 0.4) is 0 Å². The van der Waals surface area contributed by atoms with Crippen LogP contribution in [-0.2, 0) is 6.42 Å². The number of hydrogen-bond donors (Lipinski definition) is 1. The summed E-state index contributed by atoms with van der Waals surface area (Å²) >= 11 is 0. The van der Waals surface area contributed by atoms with E-state index in [0.717, 1.165) is 5.56 Å². The summed E-state index contributed by atoms with van der Waals surface area (Å²) in [6, 6.07) is 11.1. The molecule has 0 saturated carbocycles. The molecule has 0 unspecified atom stereocenters. The number of nitrogens with zero attached hydrogens (tertiary/aromatic N) is 2. The molecule has 1 N–H and O–H groups in total. The number of aromatic nitrogens is 1. The highest BCUT2D eigenvalue weighted by molar-refractivity contribution is 5.92. The third kappa shape index (κ3) is 3.62. The Bertz CT molecular complexity index is 630. The van der Waals surface area contributed by atoms with Crippen LogP contribution >= 0.6 is 0 Å². The van der Waals surface area contributed by atoms with Crippen molar-refractivity contribution in [2.45, 2.75) is 6.42 Å². The summed E-state index contributed by atoms with van der Waals surface area (Å²) in [5.41, 5.74) is 1.62. The van der Waals surface area contributed by atoms with Gasteiger partial charge in [0.2, 0.25) is 0 Å². The summed E-state index contributed by atoms with van der Waals surface area (Å²) < 4.78 is 12.7. The lowest BCUT2D eigenvalue weighted by Gasteiger charge is -2.05. The van der Waals surface area contributed by atoms with Crippen LogP contribution in [0.1, 0.15) is 21.6 Å². The first kappa shape index (κ1) is 13.7. The second kappa shape index (κ2) is 6.43. The molecule has 20 heavy (non-hydrogen) atoms. The number of carbonyl (C=O) groups excluding carboxylic acids is 1. The number of rotatable bonds is 4. The number of hydrogen-bond acceptors (Lipinski definition) is 3. The summed E-state index contributed by atoms with van der Waals surface area (Å²) in [7, 11) is 0. The van der Waals surface area contributed by atoms with Gasteiger partial charge in [-0.3, -0.25) is 4.79 Å². The predicted octanol–water partition coefficient (Wildman–Crippen LogP) is 2.06. The standard InChI is InChI=1S/C15H12FN3O/c16-13-4-1-11(2-5-13)7-8-18-15(20)14-6-3-12(9-17)10-19-14/h1-6,10H,7-8H2,(H,18,20). The molecule has 2 rings (SSSR count). The van der Waals surface area contributed by atoms with Gasteiger partial charge in [-0.25, -0.2) is 9.37 Å². The van der Waals surface area contributed by atoms with E-state index >= 15 is 0 Å². The fourth-order valence-corrected chi connectivity index (χ4v) is 1.66. The predicted molar refractivity (Wildman–Crippen MR) is 71.4 cm³/mol. The molecule has 0 fully saturated rings. The molecule has 0 aliphatic rings. The molecule has 100 valence electrons. The van der Waals surface area contributed by atoms with Crippen LogP contribution in [0.4, 0.5) is 4.39 Å². The number of nitrogens with one attached hydrogen (secondary N) is 1. The minimum absolute atomic E-state index is 0.267. The van der Waals surface area contributed by atoms with Crippen LogP contribution in [0, 0.1) is 17.1 Å². The average molecular weight is 269 g/mol. The van der Waals surface area contributed by atoms with Crippen molar-refractivity contribution >= 4 is 5.91 Å². The van der Waals surface area contributed by atoms with Crippen LogP contribution in [0.15, 0.2) is 42.6 Å². The Hall–Kier alpha value is -2.74. The minimum Gasteiger partial charge on any atom is -0.350 e. The normalized spacial score (nSPS) is 9.80. The lowest BCUT2D eigenvalue weighted by Crippen LogP contribution is -2.26. The van der Waals surface area contributed by atoms with Gasteiger partial charge in [0.25, 0.3) is 5.91 Å². The second-order valence-corrected chi connectivity index (χ2v) is 4.18. The fraction of sp³-hybridized carbons (Fsp3) is 0.133. The van der Waals surface area contributed by atoms with Crippen LogP contribution < -0.4 is 5.32 Å². The van der Waals surface area contributed by atoms with Gasteiger partial charge in [-0.1, -0.05) is 12.1 Å². The van der Waals surface area contributed by atoms with Crippen LogP contribution in [0.5, 0.6) is 0 Å². The molecule has 0 atom stereocenters. The van der Waals surface area contributed by atoms with Crippen molar-refractivity contribution in [3.8, 4) is 6.07 Å². The van der Waals surface area contributed by atoms with Gasteiger partial charge in [-0.2, -0.15) is 5.26 Å². The summed E-state index contributed by atoms with van der Waals surface area (Å²) in [5.74, 6) is -0.573. The average Bonchev–Trinajstić information content (AvgIpc) is 2.49. The van der Waals surface area contributed by atoms with Crippen LogP contribution in [0.2, 0.25) is 0 Å². The molecule has 0 spiro atoms. The third-order valence-corrected chi connectivity index (χ3v) is 2.74. The second-order valence-electron chi connectivity index (χ2n) is 4.18. The maximum absolute atomic E-state index is 12.7. The van der Waals surface area contributed by atoms with Gasteiger partial charge in [0.15, 0.2) is 0 Å². The Morgan fingerprint density at radius 3 is 2.60 bits per heavy atom. The molecule has 0 saturated heterocycles. The van der Waals surface area contributed by atoms with E-state index < -0.39 is 0 Å². The number of nitriles is 1. The van der Waals surface area contributed by atoms with Crippen molar-refractivity contribution < 1.29 is 9.18 Å². The summed E-state index contributed by atoms with van der Waals surface area (Å²) in [6.07, 6.45) is 1.97. The van der Waals surface area contributed by atoms with E-state index in [2.05, 4.69) is 10.3 Å². The number of benzene rings is 1. The Morgan fingerprint density at radius 2 is 2.00 bits per heavy atom. The number of pyridine rings is 1. The van der Waals surface area contributed by atoms with Gasteiger partial charge < -0.3 is 5.32 Å². The van der Waals surface area contributed by atoms with Gasteiger partial charge >= 0.3 is 0 Å². The topological polar surface area (TPSA) is 65.8 Å².